The molecule has 0 saturated carbocycles. The van der Waals surface area contributed by atoms with Crippen molar-refractivity contribution in [2.45, 2.75) is 123 Å². The van der Waals surface area contributed by atoms with Gasteiger partial charge >= 0.3 is 16.4 Å². The van der Waals surface area contributed by atoms with E-state index in [0.717, 1.165) is 43.9 Å². The standard InChI is InChI=1S/C44H61NO8P2Si4/c1-44(2)48-42-37(45-54-50-38-28(19-15-23-33(38)56(3,4)5)29-20-16-24-34(39(29)51-54)57(6,7)8)32(47-43(42)49-44)27-46-55-52-40-30(21-17-25-35(40)58(9,10)11)31-22-18-26-36(41(31)53-55)59(12,13)14/h15-26,32,37,42-43,45H,27H2,1-14H3/t32-,37+,42-,43-/m1/s1. The van der Waals surface area contributed by atoms with Crippen LogP contribution in [0.3, 0.4) is 0 Å². The Morgan fingerprint density at radius 3 is 1.29 bits per heavy atom. The molecule has 15 heteroatoms. The summed E-state index contributed by atoms with van der Waals surface area (Å²) < 4.78 is 54.5. The van der Waals surface area contributed by atoms with Crippen molar-refractivity contribution in [3.63, 3.8) is 0 Å². The van der Waals surface area contributed by atoms with Crippen LogP contribution < -0.4 is 30.4 Å². The molecule has 0 amide bonds. The average molecular weight is 906 g/mol. The maximum absolute atomic E-state index is 7.11. The normalized spacial score (nSPS) is 21.2. The average Bonchev–Trinajstić information content (AvgIpc) is 3.44. The molecule has 0 radical (unpaired) electrons. The molecule has 0 unspecified atom stereocenters. The van der Waals surface area contributed by atoms with Gasteiger partial charge < -0.3 is 31.0 Å². The summed E-state index contributed by atoms with van der Waals surface area (Å²) in [6.07, 6.45) is -1.57. The first-order valence-electron chi connectivity index (χ1n) is 20.8. The van der Waals surface area contributed by atoms with Crippen molar-refractivity contribution in [3.8, 4) is 0 Å². The maximum Gasteiger partial charge on any atom is 0.387 e. The van der Waals surface area contributed by atoms with Gasteiger partial charge in [0.2, 0.25) is 0 Å². The van der Waals surface area contributed by atoms with Crippen molar-refractivity contribution < 1.29 is 35.5 Å². The van der Waals surface area contributed by atoms with Gasteiger partial charge in [-0.05, 0) is 34.6 Å². The minimum Gasteiger partial charge on any atom is -0.408 e. The number of para-hydroxylation sites is 4. The minimum absolute atomic E-state index is 0.162. The molecule has 4 atom stereocenters. The number of benzene rings is 4. The summed E-state index contributed by atoms with van der Waals surface area (Å²) in [5.41, 5.74) is 3.49. The summed E-state index contributed by atoms with van der Waals surface area (Å²) >= 11 is 0. The summed E-state index contributed by atoms with van der Waals surface area (Å²) in [5, 5.41) is 13.0. The predicted octanol–water partition coefficient (Wildman–Crippen LogP) is 11.0. The molecule has 6 aromatic rings. The van der Waals surface area contributed by atoms with Gasteiger partial charge in [0.25, 0.3) is 0 Å². The van der Waals surface area contributed by atoms with Crippen LogP contribution in [0.4, 0.5) is 0 Å². The molecule has 0 spiro atoms. The van der Waals surface area contributed by atoms with Crippen LogP contribution in [0.15, 0.2) is 89.6 Å². The molecule has 2 saturated heterocycles. The van der Waals surface area contributed by atoms with Crippen LogP contribution >= 0.6 is 16.4 Å². The molecule has 2 aliphatic rings. The van der Waals surface area contributed by atoms with Gasteiger partial charge in [-0.3, -0.25) is 4.52 Å². The summed E-state index contributed by atoms with van der Waals surface area (Å²) in [7, 11) is -11.0. The second kappa shape index (κ2) is 15.3. The zero-order valence-corrected chi connectivity index (χ0v) is 42.9. The number of nitrogens with one attached hydrogen (secondary N) is 1. The SMILES string of the molecule is CC1(C)O[C@H]2O[C@H](COp3oc4c([Si](C)(C)C)cccc4c4cccc([Si](C)(C)C)c4o3)[C@H](Np3oc4c([Si](C)(C)C)cccc4c4cccc([Si](C)(C)C)c4o3)[C@H]2O1. The van der Waals surface area contributed by atoms with Crippen molar-refractivity contribution >= 4 is 113 Å². The van der Waals surface area contributed by atoms with E-state index in [0.29, 0.717) is 0 Å². The van der Waals surface area contributed by atoms with E-state index in [1.54, 1.807) is 0 Å². The van der Waals surface area contributed by atoms with Crippen molar-refractivity contribution in [2.75, 3.05) is 11.7 Å². The molecule has 2 aliphatic heterocycles. The summed E-state index contributed by atoms with van der Waals surface area (Å²) in [5.74, 6) is -0.833. The number of rotatable bonds is 9. The van der Waals surface area contributed by atoms with Crippen LogP contribution in [0.2, 0.25) is 78.6 Å². The van der Waals surface area contributed by atoms with Crippen LogP contribution in [-0.2, 0) is 14.2 Å². The second-order valence-corrected chi connectivity index (χ2v) is 43.0. The molecule has 59 heavy (non-hydrogen) atoms. The second-order valence-electron chi connectivity index (χ2n) is 20.7. The van der Waals surface area contributed by atoms with Gasteiger partial charge in [-0.1, -0.05) is 151 Å². The highest BCUT2D eigenvalue weighted by atomic mass is 31.1. The number of ether oxygens (including phenoxy) is 3. The van der Waals surface area contributed by atoms with E-state index in [1.165, 1.54) is 20.7 Å². The Morgan fingerprint density at radius 2 is 0.915 bits per heavy atom. The number of fused-ring (bicyclic) bond motifs is 7. The molecule has 9 nitrogen and oxygen atoms in total. The Balaban J connectivity index is 1.27. The first-order chi connectivity index (χ1) is 27.5. The highest BCUT2D eigenvalue weighted by molar-refractivity contribution is 7.38. The Kier molecular flexibility index (Phi) is 11.2. The van der Waals surface area contributed by atoms with Gasteiger partial charge in [-0.2, -0.15) is 0 Å². The monoisotopic (exact) mass is 905 g/mol. The maximum atomic E-state index is 7.11. The van der Waals surface area contributed by atoms with Crippen molar-refractivity contribution in [3.05, 3.63) is 72.8 Å². The van der Waals surface area contributed by atoms with Gasteiger partial charge in [-0.25, -0.2) is 5.09 Å². The molecule has 2 fully saturated rings. The van der Waals surface area contributed by atoms with Gasteiger partial charge in [-0.15, -0.1) is 0 Å². The molecule has 1 N–H and O–H groups in total. The van der Waals surface area contributed by atoms with E-state index in [1.807, 2.05) is 13.8 Å². The zero-order chi connectivity index (χ0) is 42.4. The van der Waals surface area contributed by atoms with Crippen molar-refractivity contribution in [1.82, 2.24) is 0 Å². The van der Waals surface area contributed by atoms with Crippen LogP contribution in [0, 0.1) is 0 Å². The van der Waals surface area contributed by atoms with E-state index >= 15 is 0 Å². The van der Waals surface area contributed by atoms with E-state index in [2.05, 4.69) is 156 Å². The largest absolute Gasteiger partial charge is 0.408 e. The summed E-state index contributed by atoms with van der Waals surface area (Å²) in [6, 6.07) is 25.7. The molecule has 4 heterocycles. The number of hydrogen-bond donors (Lipinski definition) is 1. The van der Waals surface area contributed by atoms with Crippen LogP contribution in [0.1, 0.15) is 13.8 Å². The Bertz CT molecular complexity index is 2500. The van der Waals surface area contributed by atoms with Gasteiger partial charge in [0.15, 0.2) is 12.1 Å². The lowest BCUT2D eigenvalue weighted by molar-refractivity contribution is -0.207. The fourth-order valence-corrected chi connectivity index (χ4v) is 17.1. The molecular formula is C44H61NO8P2Si4. The summed E-state index contributed by atoms with van der Waals surface area (Å²) in [4.78, 5) is 0. The molecule has 8 rings (SSSR count). The molecule has 4 aromatic carbocycles. The molecule has 0 aliphatic carbocycles. The lowest BCUT2D eigenvalue weighted by atomic mass is 10.1. The first kappa shape index (κ1) is 43.0. The topological polar surface area (TPSA) is 102 Å². The van der Waals surface area contributed by atoms with Gasteiger partial charge in [0, 0.05) is 21.5 Å². The molecule has 316 valence electrons. The third kappa shape index (κ3) is 8.47. The fraction of sp³-hybridized carbons (Fsp3) is 0.455. The van der Waals surface area contributed by atoms with E-state index in [9.17, 15) is 0 Å². The van der Waals surface area contributed by atoms with Crippen LogP contribution in [0.5, 0.6) is 0 Å². The Hall–Kier alpha value is -2.65. The van der Waals surface area contributed by atoms with Crippen molar-refractivity contribution in [1.29, 1.82) is 0 Å². The van der Waals surface area contributed by atoms with Gasteiger partial charge in [0.05, 0.1) is 44.9 Å². The first-order valence-corrected chi connectivity index (χ1v) is 37.0. The van der Waals surface area contributed by atoms with Crippen LogP contribution in [-0.4, -0.2) is 69.2 Å². The number of hydrogen-bond acceptors (Lipinski definition) is 9. The van der Waals surface area contributed by atoms with E-state index in [4.69, 9.17) is 35.5 Å². The quantitative estimate of drug-likeness (QED) is 0.142. The highest BCUT2D eigenvalue weighted by Gasteiger charge is 2.55. The summed E-state index contributed by atoms with van der Waals surface area (Å²) in [6.45, 7) is 32.2. The lowest BCUT2D eigenvalue weighted by Gasteiger charge is -2.25. The molecule has 2 aromatic heterocycles. The lowest BCUT2D eigenvalue weighted by Crippen LogP contribution is -2.42. The minimum atomic E-state index is -1.89. The van der Waals surface area contributed by atoms with E-state index < -0.39 is 79.0 Å². The van der Waals surface area contributed by atoms with Crippen LogP contribution in [0.25, 0.3) is 43.9 Å². The third-order valence-electron chi connectivity index (χ3n) is 11.3. The van der Waals surface area contributed by atoms with E-state index in [-0.39, 0.29) is 6.61 Å². The zero-order valence-electron chi connectivity index (χ0n) is 37.1. The molecule has 0 bridgehead atoms. The highest BCUT2D eigenvalue weighted by Crippen LogP contribution is 2.43. The van der Waals surface area contributed by atoms with Gasteiger partial charge in [0.1, 0.15) is 34.5 Å². The Labute approximate surface area is 354 Å². The molecular weight excluding hydrogens is 845 g/mol. The fourth-order valence-electron chi connectivity index (χ4n) is 8.34. The smallest absolute Gasteiger partial charge is 0.387 e. The Morgan fingerprint density at radius 1 is 0.542 bits per heavy atom. The third-order valence-corrected chi connectivity index (χ3v) is 21.6. The van der Waals surface area contributed by atoms with Crippen molar-refractivity contribution in [2.24, 2.45) is 0 Å². The predicted molar refractivity (Wildman–Crippen MR) is 258 cm³/mol.